The van der Waals surface area contributed by atoms with Crippen LogP contribution in [0.3, 0.4) is 0 Å². The zero-order valence-corrected chi connectivity index (χ0v) is 12.5. The predicted octanol–water partition coefficient (Wildman–Crippen LogP) is 3.05. The second kappa shape index (κ2) is 4.85. The molecule has 6 atom stereocenters. The molecule has 2 N–H and O–H groups in total. The van der Waals surface area contributed by atoms with Crippen molar-refractivity contribution in [2.24, 2.45) is 35.5 Å². The van der Waals surface area contributed by atoms with Gasteiger partial charge in [0.05, 0.1) is 11.8 Å². The lowest BCUT2D eigenvalue weighted by atomic mass is 9.62. The zero-order valence-electron chi connectivity index (χ0n) is 11.8. The molecule has 114 valence electrons. The van der Waals surface area contributed by atoms with E-state index in [1.54, 1.807) is 24.3 Å². The van der Waals surface area contributed by atoms with Gasteiger partial charge >= 0.3 is 5.97 Å². The minimum absolute atomic E-state index is 0.00242. The van der Waals surface area contributed by atoms with Crippen molar-refractivity contribution >= 4 is 29.2 Å². The lowest BCUT2D eigenvalue weighted by Crippen LogP contribution is -2.48. The van der Waals surface area contributed by atoms with Crippen LogP contribution in [0.2, 0.25) is 5.02 Å². The van der Waals surface area contributed by atoms with Crippen LogP contribution in [0.1, 0.15) is 6.42 Å². The second-order valence-corrected chi connectivity index (χ2v) is 6.93. The molecule has 4 nitrogen and oxygen atoms in total. The first-order valence-corrected chi connectivity index (χ1v) is 7.91. The Morgan fingerprint density at radius 3 is 2.45 bits per heavy atom. The van der Waals surface area contributed by atoms with Crippen LogP contribution < -0.4 is 5.32 Å². The van der Waals surface area contributed by atoms with Crippen molar-refractivity contribution in [1.29, 1.82) is 0 Å². The Kier molecular flexibility index (Phi) is 3.05. The zero-order chi connectivity index (χ0) is 15.4. The number of benzene rings is 1. The quantitative estimate of drug-likeness (QED) is 0.842. The van der Waals surface area contributed by atoms with Crippen LogP contribution in [0.25, 0.3) is 0 Å². The number of rotatable bonds is 3. The summed E-state index contributed by atoms with van der Waals surface area (Å²) in [6, 6.07) is 6.93. The third-order valence-corrected chi connectivity index (χ3v) is 5.57. The van der Waals surface area contributed by atoms with E-state index in [9.17, 15) is 14.7 Å². The maximum atomic E-state index is 12.7. The number of hydrogen-bond donors (Lipinski definition) is 2. The minimum Gasteiger partial charge on any atom is -0.481 e. The number of carboxylic acids is 1. The molecule has 1 aromatic rings. The first-order chi connectivity index (χ1) is 10.6. The van der Waals surface area contributed by atoms with Gasteiger partial charge in [-0.25, -0.2) is 0 Å². The second-order valence-electron chi connectivity index (χ2n) is 6.49. The standard InChI is InChI=1S/C17H16ClNO3/c18-8-2-1-3-9(6-8)19-16(20)14-10-4-5-11(13-7-12(10)13)15(14)17(21)22/h1-6,10-15H,7H2,(H,19,20)(H,21,22)/t10-,11-,12-,13+,14+,15+/m0/s1. The third-order valence-electron chi connectivity index (χ3n) is 5.33. The molecule has 0 radical (unpaired) electrons. The van der Waals surface area contributed by atoms with E-state index in [4.69, 9.17) is 11.6 Å². The van der Waals surface area contributed by atoms with E-state index in [-0.39, 0.29) is 17.7 Å². The van der Waals surface area contributed by atoms with Gasteiger partial charge in [0.1, 0.15) is 0 Å². The van der Waals surface area contributed by atoms with E-state index in [1.807, 2.05) is 6.08 Å². The Bertz CT molecular complexity index is 686. The van der Waals surface area contributed by atoms with Crippen molar-refractivity contribution in [3.05, 3.63) is 41.4 Å². The van der Waals surface area contributed by atoms with Gasteiger partial charge in [0.15, 0.2) is 0 Å². The van der Waals surface area contributed by atoms with Gasteiger partial charge < -0.3 is 10.4 Å². The highest BCUT2D eigenvalue weighted by Crippen LogP contribution is 2.63. The van der Waals surface area contributed by atoms with Gasteiger partial charge in [-0.05, 0) is 48.3 Å². The number of aliphatic carboxylic acids is 1. The number of carboxylic acid groups (broad SMARTS) is 1. The summed E-state index contributed by atoms with van der Waals surface area (Å²) in [6.45, 7) is 0. The Hall–Kier alpha value is -1.81. The highest BCUT2D eigenvalue weighted by molar-refractivity contribution is 6.30. The molecule has 1 amide bonds. The molecule has 2 fully saturated rings. The lowest BCUT2D eigenvalue weighted by Gasteiger charge is -2.41. The molecule has 0 spiro atoms. The van der Waals surface area contributed by atoms with E-state index in [1.165, 1.54) is 0 Å². The number of nitrogens with one attached hydrogen (secondary N) is 1. The van der Waals surface area contributed by atoms with Crippen LogP contribution in [0.4, 0.5) is 5.69 Å². The van der Waals surface area contributed by atoms with Crippen LogP contribution >= 0.6 is 11.6 Å². The molecular formula is C17H16ClNO3. The lowest BCUT2D eigenvalue weighted by molar-refractivity contribution is -0.152. The van der Waals surface area contributed by atoms with Gasteiger partial charge in [0, 0.05) is 10.7 Å². The summed E-state index contributed by atoms with van der Waals surface area (Å²) in [5.74, 6) is -1.17. The molecule has 5 heteroatoms. The number of carbonyl (C=O) groups is 2. The summed E-state index contributed by atoms with van der Waals surface area (Å²) in [5.41, 5.74) is 0.611. The number of anilines is 1. The van der Waals surface area contributed by atoms with Gasteiger partial charge in [0.2, 0.25) is 5.91 Å². The monoisotopic (exact) mass is 317 g/mol. The molecule has 2 bridgehead atoms. The van der Waals surface area contributed by atoms with Gasteiger partial charge in [-0.15, -0.1) is 0 Å². The number of allylic oxidation sites excluding steroid dienone is 2. The molecule has 4 aliphatic carbocycles. The van der Waals surface area contributed by atoms with Crippen molar-refractivity contribution in [3.63, 3.8) is 0 Å². The molecule has 0 saturated heterocycles. The molecule has 4 aliphatic rings. The van der Waals surface area contributed by atoms with E-state index in [0.29, 0.717) is 22.5 Å². The maximum Gasteiger partial charge on any atom is 0.307 e. The van der Waals surface area contributed by atoms with Crippen LogP contribution in [0.5, 0.6) is 0 Å². The fraction of sp³-hybridized carbons (Fsp3) is 0.412. The Morgan fingerprint density at radius 1 is 1.14 bits per heavy atom. The average molecular weight is 318 g/mol. The Morgan fingerprint density at radius 2 is 1.82 bits per heavy atom. The van der Waals surface area contributed by atoms with Gasteiger partial charge in [0.25, 0.3) is 0 Å². The molecule has 0 heterocycles. The molecular weight excluding hydrogens is 302 g/mol. The fourth-order valence-electron chi connectivity index (χ4n) is 4.36. The topological polar surface area (TPSA) is 66.4 Å². The van der Waals surface area contributed by atoms with E-state index in [0.717, 1.165) is 6.42 Å². The number of amides is 1. The SMILES string of the molecule is O=C(O)[C@@H]1[C@H]2C=C[C@@H]([C@@H]3C[C@H]23)[C@H]1C(=O)Nc1cccc(Cl)c1. The van der Waals surface area contributed by atoms with Crippen LogP contribution in [-0.4, -0.2) is 17.0 Å². The fourth-order valence-corrected chi connectivity index (χ4v) is 4.55. The molecule has 0 aromatic heterocycles. The summed E-state index contributed by atoms with van der Waals surface area (Å²) in [6.07, 6.45) is 5.12. The van der Waals surface area contributed by atoms with E-state index in [2.05, 4.69) is 11.4 Å². The van der Waals surface area contributed by atoms with Crippen molar-refractivity contribution in [3.8, 4) is 0 Å². The highest BCUT2D eigenvalue weighted by atomic mass is 35.5. The molecule has 22 heavy (non-hydrogen) atoms. The summed E-state index contributed by atoms with van der Waals surface area (Å²) >= 11 is 5.93. The maximum absolute atomic E-state index is 12.7. The van der Waals surface area contributed by atoms with Crippen molar-refractivity contribution in [1.82, 2.24) is 0 Å². The largest absolute Gasteiger partial charge is 0.481 e. The summed E-state index contributed by atoms with van der Waals surface area (Å²) in [7, 11) is 0. The van der Waals surface area contributed by atoms with E-state index >= 15 is 0 Å². The minimum atomic E-state index is -0.865. The van der Waals surface area contributed by atoms with Crippen LogP contribution in [0, 0.1) is 35.5 Å². The van der Waals surface area contributed by atoms with Crippen molar-refractivity contribution < 1.29 is 14.7 Å². The molecule has 1 aromatic carbocycles. The number of halogens is 1. The average Bonchev–Trinajstić information content (AvgIpc) is 3.28. The summed E-state index contributed by atoms with van der Waals surface area (Å²) < 4.78 is 0. The smallest absolute Gasteiger partial charge is 0.307 e. The van der Waals surface area contributed by atoms with Gasteiger partial charge in [-0.1, -0.05) is 29.8 Å². The highest BCUT2D eigenvalue weighted by Gasteiger charge is 2.62. The van der Waals surface area contributed by atoms with Gasteiger partial charge in [-0.3, -0.25) is 9.59 Å². The normalized spacial score (nSPS) is 37.5. The molecule has 0 aliphatic heterocycles. The van der Waals surface area contributed by atoms with E-state index < -0.39 is 17.8 Å². The summed E-state index contributed by atoms with van der Waals surface area (Å²) in [5, 5.41) is 13.0. The Labute approximate surface area is 133 Å². The number of carbonyl (C=O) groups excluding carboxylic acids is 1. The van der Waals surface area contributed by atoms with Crippen molar-refractivity contribution in [2.45, 2.75) is 6.42 Å². The molecule has 2 saturated carbocycles. The number of fused-ring (bicyclic) bond motifs is 1. The molecule has 0 unspecified atom stereocenters. The first-order valence-electron chi connectivity index (χ1n) is 7.54. The predicted molar refractivity (Wildman–Crippen MR) is 82.4 cm³/mol. The number of hydrogen-bond acceptors (Lipinski definition) is 2. The van der Waals surface area contributed by atoms with Gasteiger partial charge in [-0.2, -0.15) is 0 Å². The van der Waals surface area contributed by atoms with Crippen molar-refractivity contribution in [2.75, 3.05) is 5.32 Å². The Balaban J connectivity index is 1.61. The van der Waals surface area contributed by atoms with Crippen LogP contribution in [-0.2, 0) is 9.59 Å². The van der Waals surface area contributed by atoms with Crippen LogP contribution in [0.15, 0.2) is 36.4 Å². The summed E-state index contributed by atoms with van der Waals surface area (Å²) in [4.78, 5) is 24.4. The molecule has 5 rings (SSSR count). The third kappa shape index (κ3) is 2.05. The first kappa shape index (κ1) is 13.8.